The molecule has 0 rings (SSSR count). The number of rotatable bonds is 3. The van der Waals surface area contributed by atoms with Gasteiger partial charge in [-0.25, -0.2) is 0 Å². The fourth-order valence-electron chi connectivity index (χ4n) is 0.866. The van der Waals surface area contributed by atoms with Crippen molar-refractivity contribution < 1.29 is 0 Å². The zero-order valence-corrected chi connectivity index (χ0v) is 8.41. The van der Waals surface area contributed by atoms with Crippen molar-refractivity contribution in [2.75, 3.05) is 0 Å². The van der Waals surface area contributed by atoms with Crippen LogP contribution in [0.1, 0.15) is 60.3 Å². The van der Waals surface area contributed by atoms with E-state index in [2.05, 4.69) is 34.6 Å². The summed E-state index contributed by atoms with van der Waals surface area (Å²) in [5.74, 6) is 0.986. The monoisotopic (exact) mass is 144 g/mol. The van der Waals surface area contributed by atoms with Gasteiger partial charge in [0.05, 0.1) is 0 Å². The Morgan fingerprint density at radius 3 is 0.900 bits per heavy atom. The van der Waals surface area contributed by atoms with Crippen LogP contribution >= 0.6 is 0 Å². The summed E-state index contributed by atoms with van der Waals surface area (Å²) in [5.41, 5.74) is 0. The second kappa shape index (κ2) is 11.8. The summed E-state index contributed by atoms with van der Waals surface area (Å²) in [4.78, 5) is 0. The maximum Gasteiger partial charge on any atom is -0.0422 e. The van der Waals surface area contributed by atoms with Crippen molar-refractivity contribution in [3.05, 3.63) is 0 Å². The van der Waals surface area contributed by atoms with E-state index in [0.717, 1.165) is 5.92 Å². The Labute approximate surface area is 67.0 Å². The Balaban J connectivity index is 0. The summed E-state index contributed by atoms with van der Waals surface area (Å²) in [5, 5.41) is 0. The molecular formula is C10H24. The van der Waals surface area contributed by atoms with Crippen LogP contribution in [0.2, 0.25) is 0 Å². The van der Waals surface area contributed by atoms with Gasteiger partial charge >= 0.3 is 0 Å². The lowest BCUT2D eigenvalue weighted by Crippen LogP contribution is -1.91. The van der Waals surface area contributed by atoms with Crippen LogP contribution in [0.15, 0.2) is 0 Å². The summed E-state index contributed by atoms with van der Waals surface area (Å²) in [6, 6.07) is 0. The lowest BCUT2D eigenvalue weighted by Gasteiger charge is -2.05. The first-order valence-corrected chi connectivity index (χ1v) is 4.76. The molecule has 0 nitrogen and oxygen atoms in total. The number of hydrogen-bond donors (Lipinski definition) is 0. The molecule has 0 N–H and O–H groups in total. The van der Waals surface area contributed by atoms with Gasteiger partial charge in [-0.05, 0) is 5.92 Å². The van der Waals surface area contributed by atoms with Gasteiger partial charge in [0.1, 0.15) is 0 Å². The van der Waals surface area contributed by atoms with Gasteiger partial charge in [-0.2, -0.15) is 0 Å². The molecule has 0 aromatic carbocycles. The van der Waals surface area contributed by atoms with Crippen LogP contribution in [0.3, 0.4) is 0 Å². The zero-order valence-electron chi connectivity index (χ0n) is 8.41. The Morgan fingerprint density at radius 1 is 0.700 bits per heavy atom. The fourth-order valence-corrected chi connectivity index (χ4v) is 0.866. The average molecular weight is 144 g/mol. The summed E-state index contributed by atoms with van der Waals surface area (Å²) in [7, 11) is 0. The molecule has 0 spiro atoms. The lowest BCUT2D eigenvalue weighted by atomic mass is 10.0. The molecule has 0 aliphatic heterocycles. The van der Waals surface area contributed by atoms with E-state index in [1.807, 2.05) is 0 Å². The van der Waals surface area contributed by atoms with E-state index in [1.165, 1.54) is 25.7 Å². The fraction of sp³-hybridized carbons (Fsp3) is 1.00. The van der Waals surface area contributed by atoms with Crippen molar-refractivity contribution in [3.63, 3.8) is 0 Å². The molecule has 0 saturated heterocycles. The quantitative estimate of drug-likeness (QED) is 0.555. The molecule has 0 fully saturated rings. The van der Waals surface area contributed by atoms with Crippen LogP contribution in [-0.2, 0) is 0 Å². The van der Waals surface area contributed by atoms with E-state index in [1.54, 1.807) is 0 Å². The molecular weight excluding hydrogens is 120 g/mol. The molecule has 0 heteroatoms. The lowest BCUT2D eigenvalue weighted by molar-refractivity contribution is 0.477. The maximum absolute atomic E-state index is 2.26. The van der Waals surface area contributed by atoms with Crippen molar-refractivity contribution in [2.45, 2.75) is 60.3 Å². The largest absolute Gasteiger partial charge is 0.0656 e. The van der Waals surface area contributed by atoms with Crippen molar-refractivity contribution >= 4 is 0 Å². The SMILES string of the molecule is CCC.CCC(CC)CC. The van der Waals surface area contributed by atoms with Crippen molar-refractivity contribution in [3.8, 4) is 0 Å². The Kier molecular flexibility index (Phi) is 14.9. The summed E-state index contributed by atoms with van der Waals surface area (Å²) in [6.45, 7) is 11.0. The van der Waals surface area contributed by atoms with E-state index in [0.29, 0.717) is 0 Å². The van der Waals surface area contributed by atoms with E-state index in [-0.39, 0.29) is 0 Å². The maximum atomic E-state index is 2.26. The predicted molar refractivity (Wildman–Crippen MR) is 50.3 cm³/mol. The van der Waals surface area contributed by atoms with Crippen molar-refractivity contribution in [1.29, 1.82) is 0 Å². The average Bonchev–Trinajstić information content (AvgIpc) is 1.93. The molecule has 0 aromatic heterocycles. The molecule has 0 unspecified atom stereocenters. The molecule has 64 valence electrons. The molecule has 0 aliphatic carbocycles. The zero-order chi connectivity index (χ0) is 8.41. The molecule has 0 heterocycles. The van der Waals surface area contributed by atoms with Crippen LogP contribution in [0.5, 0.6) is 0 Å². The van der Waals surface area contributed by atoms with Gasteiger partial charge in [0.15, 0.2) is 0 Å². The standard InChI is InChI=1S/C7H16.C3H8/c1-4-7(5-2)6-3;1-3-2/h7H,4-6H2,1-3H3;3H2,1-2H3. The van der Waals surface area contributed by atoms with Crippen LogP contribution in [-0.4, -0.2) is 0 Å². The van der Waals surface area contributed by atoms with Gasteiger partial charge in [-0.15, -0.1) is 0 Å². The van der Waals surface area contributed by atoms with Gasteiger partial charge in [0.2, 0.25) is 0 Å². The molecule has 0 bridgehead atoms. The van der Waals surface area contributed by atoms with E-state index in [4.69, 9.17) is 0 Å². The first-order valence-electron chi connectivity index (χ1n) is 4.76. The van der Waals surface area contributed by atoms with Gasteiger partial charge in [-0.1, -0.05) is 60.3 Å². The predicted octanol–water partition coefficient (Wildman–Crippen LogP) is 4.25. The molecule has 0 saturated carbocycles. The minimum atomic E-state index is 0.986. The van der Waals surface area contributed by atoms with Crippen LogP contribution in [0.25, 0.3) is 0 Å². The highest BCUT2D eigenvalue weighted by atomic mass is 14.0. The Hall–Kier alpha value is 0. The van der Waals surface area contributed by atoms with Crippen LogP contribution in [0, 0.1) is 5.92 Å². The first kappa shape index (κ1) is 12.7. The summed E-state index contributed by atoms with van der Waals surface area (Å²) >= 11 is 0. The molecule has 10 heavy (non-hydrogen) atoms. The minimum Gasteiger partial charge on any atom is -0.0656 e. The number of hydrogen-bond acceptors (Lipinski definition) is 0. The molecule has 0 aromatic rings. The smallest absolute Gasteiger partial charge is 0.0422 e. The third-order valence-corrected chi connectivity index (χ3v) is 1.73. The van der Waals surface area contributed by atoms with E-state index in [9.17, 15) is 0 Å². The van der Waals surface area contributed by atoms with E-state index < -0.39 is 0 Å². The highest BCUT2D eigenvalue weighted by Gasteiger charge is 1.95. The van der Waals surface area contributed by atoms with Crippen molar-refractivity contribution in [2.24, 2.45) is 5.92 Å². The molecule has 0 atom stereocenters. The molecule has 0 amide bonds. The van der Waals surface area contributed by atoms with Gasteiger partial charge in [0.25, 0.3) is 0 Å². The minimum absolute atomic E-state index is 0.986. The second-order valence-corrected chi connectivity index (χ2v) is 2.80. The highest BCUT2D eigenvalue weighted by molar-refractivity contribution is 4.48. The van der Waals surface area contributed by atoms with Crippen LogP contribution in [0.4, 0.5) is 0 Å². The third-order valence-electron chi connectivity index (χ3n) is 1.73. The summed E-state index contributed by atoms with van der Waals surface area (Å²) in [6.07, 6.45) is 5.31. The molecule has 0 aliphatic rings. The normalized spacial score (nSPS) is 9.00. The third kappa shape index (κ3) is 10.9. The van der Waals surface area contributed by atoms with Gasteiger partial charge in [-0.3, -0.25) is 0 Å². The topological polar surface area (TPSA) is 0 Å². The second-order valence-electron chi connectivity index (χ2n) is 2.80. The van der Waals surface area contributed by atoms with Crippen LogP contribution < -0.4 is 0 Å². The molecule has 0 radical (unpaired) electrons. The Morgan fingerprint density at radius 2 is 0.900 bits per heavy atom. The summed E-state index contributed by atoms with van der Waals surface area (Å²) < 4.78 is 0. The first-order chi connectivity index (χ1) is 4.76. The van der Waals surface area contributed by atoms with Crippen molar-refractivity contribution in [1.82, 2.24) is 0 Å². The highest BCUT2D eigenvalue weighted by Crippen LogP contribution is 2.09. The Bertz CT molecular complexity index is 29.8. The van der Waals surface area contributed by atoms with Gasteiger partial charge < -0.3 is 0 Å². The van der Waals surface area contributed by atoms with Gasteiger partial charge in [0, 0.05) is 0 Å². The van der Waals surface area contributed by atoms with E-state index >= 15 is 0 Å².